The minimum Gasteiger partial charge on any atom is -0.267 e. The van der Waals surface area contributed by atoms with Crippen molar-refractivity contribution in [1.82, 2.24) is 10.2 Å². The van der Waals surface area contributed by atoms with Crippen molar-refractivity contribution in [3.63, 3.8) is 0 Å². The third-order valence-corrected chi connectivity index (χ3v) is 2.82. The van der Waals surface area contributed by atoms with Crippen molar-refractivity contribution in [2.75, 3.05) is 0 Å². The maximum atomic E-state index is 12.7. The van der Waals surface area contributed by atoms with E-state index in [4.69, 9.17) is 0 Å². The Balaban J connectivity index is 2.42. The molecule has 0 aliphatic rings. The lowest BCUT2D eigenvalue weighted by molar-refractivity contribution is 0.640. The molecule has 1 aromatic carbocycles. The Morgan fingerprint density at radius 2 is 1.95 bits per heavy atom. The molecule has 0 saturated carbocycles. The zero-order chi connectivity index (χ0) is 13.8. The van der Waals surface area contributed by atoms with Gasteiger partial charge in [-0.05, 0) is 26.0 Å². The predicted octanol–water partition coefficient (Wildman–Crippen LogP) is 3.29. The first kappa shape index (κ1) is 13.2. The van der Waals surface area contributed by atoms with Gasteiger partial charge in [0.15, 0.2) is 0 Å². The van der Waals surface area contributed by atoms with Gasteiger partial charge in [-0.15, -0.1) is 0 Å². The van der Waals surface area contributed by atoms with Gasteiger partial charge < -0.3 is 0 Å². The van der Waals surface area contributed by atoms with Crippen LogP contribution < -0.4 is 5.56 Å². The van der Waals surface area contributed by atoms with Crippen LogP contribution in [0.5, 0.6) is 0 Å². The summed E-state index contributed by atoms with van der Waals surface area (Å²) in [4.78, 5) is 11.6. The fraction of sp³-hybridized carbons (Fsp3) is 0.200. The lowest BCUT2D eigenvalue weighted by Gasteiger charge is -2.04. The predicted molar refractivity (Wildman–Crippen MR) is 74.7 cm³/mol. The number of halogens is 1. The molecule has 0 atom stereocenters. The molecule has 0 fully saturated rings. The minimum atomic E-state index is -0.237. The summed E-state index contributed by atoms with van der Waals surface area (Å²) < 4.78 is 12.7. The van der Waals surface area contributed by atoms with Gasteiger partial charge in [-0.25, -0.2) is 9.49 Å². The molecule has 0 bridgehead atoms. The average molecular weight is 258 g/mol. The van der Waals surface area contributed by atoms with E-state index in [2.05, 4.69) is 10.2 Å². The maximum absolute atomic E-state index is 12.7. The molecule has 0 spiro atoms. The number of benzene rings is 1. The van der Waals surface area contributed by atoms with E-state index in [0.717, 1.165) is 16.7 Å². The van der Waals surface area contributed by atoms with E-state index in [0.29, 0.717) is 11.8 Å². The van der Waals surface area contributed by atoms with Crippen LogP contribution in [-0.4, -0.2) is 10.2 Å². The van der Waals surface area contributed by atoms with Crippen LogP contribution in [-0.2, 0) is 6.42 Å². The molecule has 0 aliphatic carbocycles. The quantitative estimate of drug-likeness (QED) is 0.859. The number of aromatic amines is 1. The van der Waals surface area contributed by atoms with Crippen LogP contribution in [0.4, 0.5) is 4.39 Å². The zero-order valence-electron chi connectivity index (χ0n) is 10.9. The first-order valence-corrected chi connectivity index (χ1v) is 6.04. The SMILES string of the molecule is C/C(F)=C\C=C(/C)Cc1n[nH]c(=O)c2ccccc12. The molecule has 0 aliphatic heterocycles. The molecule has 19 heavy (non-hydrogen) atoms. The summed E-state index contributed by atoms with van der Waals surface area (Å²) in [6.45, 7) is 3.30. The van der Waals surface area contributed by atoms with E-state index in [9.17, 15) is 9.18 Å². The highest BCUT2D eigenvalue weighted by Gasteiger charge is 2.05. The Bertz CT molecular complexity index is 709. The zero-order valence-corrected chi connectivity index (χ0v) is 10.9. The second-order valence-electron chi connectivity index (χ2n) is 4.49. The molecular weight excluding hydrogens is 243 g/mol. The summed E-state index contributed by atoms with van der Waals surface area (Å²) in [6.07, 6.45) is 3.71. The molecule has 1 N–H and O–H groups in total. The van der Waals surface area contributed by atoms with Crippen LogP contribution in [0.25, 0.3) is 10.8 Å². The Kier molecular flexibility index (Phi) is 3.90. The molecule has 1 heterocycles. The first-order chi connectivity index (χ1) is 9.08. The van der Waals surface area contributed by atoms with Crippen LogP contribution in [0.3, 0.4) is 0 Å². The Morgan fingerprint density at radius 3 is 2.63 bits per heavy atom. The molecule has 2 aromatic rings. The Hall–Kier alpha value is -2.23. The average Bonchev–Trinajstić information content (AvgIpc) is 2.40. The molecule has 0 amide bonds. The molecule has 3 nitrogen and oxygen atoms in total. The van der Waals surface area contributed by atoms with Gasteiger partial charge in [-0.2, -0.15) is 5.10 Å². The summed E-state index contributed by atoms with van der Waals surface area (Å²) in [6, 6.07) is 7.33. The summed E-state index contributed by atoms with van der Waals surface area (Å²) in [7, 11) is 0. The number of allylic oxidation sites excluding steroid dienone is 4. The Morgan fingerprint density at radius 1 is 1.26 bits per heavy atom. The molecule has 1 aromatic heterocycles. The smallest absolute Gasteiger partial charge is 0.267 e. The molecule has 98 valence electrons. The van der Waals surface area contributed by atoms with Gasteiger partial charge in [0.05, 0.1) is 16.9 Å². The Labute approximate surface area is 110 Å². The topological polar surface area (TPSA) is 45.8 Å². The lowest BCUT2D eigenvalue weighted by atomic mass is 10.1. The first-order valence-electron chi connectivity index (χ1n) is 6.04. The fourth-order valence-corrected chi connectivity index (χ4v) is 1.89. The number of nitrogens with one attached hydrogen (secondary N) is 1. The highest BCUT2D eigenvalue weighted by atomic mass is 19.1. The van der Waals surface area contributed by atoms with Crippen LogP contribution in [0.2, 0.25) is 0 Å². The monoisotopic (exact) mass is 258 g/mol. The number of nitrogens with zero attached hydrogens (tertiary/aromatic N) is 1. The summed E-state index contributed by atoms with van der Waals surface area (Å²) >= 11 is 0. The fourth-order valence-electron chi connectivity index (χ4n) is 1.89. The van der Waals surface area contributed by atoms with Crippen molar-refractivity contribution in [2.45, 2.75) is 20.3 Å². The third-order valence-electron chi connectivity index (χ3n) is 2.82. The van der Waals surface area contributed by atoms with Gasteiger partial charge in [0.2, 0.25) is 0 Å². The number of H-pyrrole nitrogens is 1. The molecule has 0 saturated heterocycles. The minimum absolute atomic E-state index is 0.194. The molecular formula is C15H15FN2O. The summed E-state index contributed by atoms with van der Waals surface area (Å²) in [5.41, 5.74) is 1.57. The van der Waals surface area contributed by atoms with Crippen molar-refractivity contribution in [2.24, 2.45) is 0 Å². The van der Waals surface area contributed by atoms with Crippen molar-refractivity contribution in [3.8, 4) is 0 Å². The molecule has 0 unspecified atom stereocenters. The van der Waals surface area contributed by atoms with Crippen molar-refractivity contribution in [3.05, 3.63) is 63.9 Å². The van der Waals surface area contributed by atoms with Crippen LogP contribution in [0.15, 0.2) is 52.6 Å². The normalized spacial score (nSPS) is 13.0. The van der Waals surface area contributed by atoms with Gasteiger partial charge in [-0.1, -0.05) is 29.8 Å². The van der Waals surface area contributed by atoms with E-state index in [-0.39, 0.29) is 11.4 Å². The second kappa shape index (κ2) is 5.61. The van der Waals surface area contributed by atoms with Gasteiger partial charge in [-0.3, -0.25) is 4.79 Å². The van der Waals surface area contributed by atoms with E-state index in [1.54, 1.807) is 12.1 Å². The number of hydrogen-bond acceptors (Lipinski definition) is 2. The van der Waals surface area contributed by atoms with Gasteiger partial charge in [0, 0.05) is 11.8 Å². The van der Waals surface area contributed by atoms with Crippen LogP contribution in [0, 0.1) is 0 Å². The van der Waals surface area contributed by atoms with Crippen LogP contribution >= 0.6 is 0 Å². The van der Waals surface area contributed by atoms with Crippen molar-refractivity contribution in [1.29, 1.82) is 0 Å². The number of fused-ring (bicyclic) bond motifs is 1. The number of hydrogen-bond donors (Lipinski definition) is 1. The van der Waals surface area contributed by atoms with E-state index >= 15 is 0 Å². The van der Waals surface area contributed by atoms with Gasteiger partial charge in [0.25, 0.3) is 5.56 Å². The molecule has 4 heteroatoms. The largest absolute Gasteiger partial charge is 0.272 e. The highest BCUT2D eigenvalue weighted by molar-refractivity contribution is 5.83. The standard InChI is InChI=1S/C15H15FN2O/c1-10(7-8-11(2)16)9-14-12-5-3-4-6-13(12)15(19)18-17-14/h3-8H,9H2,1-2H3,(H,18,19)/b10-7+,11-8+. The van der Waals surface area contributed by atoms with Gasteiger partial charge >= 0.3 is 0 Å². The lowest BCUT2D eigenvalue weighted by Crippen LogP contribution is -2.11. The van der Waals surface area contributed by atoms with Crippen LogP contribution in [0.1, 0.15) is 19.5 Å². The van der Waals surface area contributed by atoms with E-state index in [1.807, 2.05) is 25.1 Å². The van der Waals surface area contributed by atoms with Crippen molar-refractivity contribution < 1.29 is 4.39 Å². The van der Waals surface area contributed by atoms with Crippen molar-refractivity contribution >= 4 is 10.8 Å². The van der Waals surface area contributed by atoms with Gasteiger partial charge in [0.1, 0.15) is 0 Å². The maximum Gasteiger partial charge on any atom is 0.272 e. The number of rotatable bonds is 3. The summed E-state index contributed by atoms with van der Waals surface area (Å²) in [5.74, 6) is -0.237. The summed E-state index contributed by atoms with van der Waals surface area (Å²) in [5, 5.41) is 8.03. The van der Waals surface area contributed by atoms with E-state index < -0.39 is 0 Å². The third kappa shape index (κ3) is 3.16. The number of aromatic nitrogens is 2. The second-order valence-corrected chi connectivity index (χ2v) is 4.49. The highest BCUT2D eigenvalue weighted by Crippen LogP contribution is 2.15. The van der Waals surface area contributed by atoms with E-state index in [1.165, 1.54) is 13.0 Å². The molecule has 2 rings (SSSR count). The molecule has 0 radical (unpaired) electrons.